The molecule has 0 aliphatic rings. The summed E-state index contributed by atoms with van der Waals surface area (Å²) in [5.74, 6) is -0.293. The molecule has 6 heteroatoms. The molecule has 3 aromatic rings. The Kier molecular flexibility index (Phi) is 4.52. The Morgan fingerprint density at radius 1 is 1.20 bits per heavy atom. The van der Waals surface area contributed by atoms with Crippen LogP contribution in [-0.4, -0.2) is 18.0 Å². The molecule has 0 aliphatic carbocycles. The van der Waals surface area contributed by atoms with Gasteiger partial charge in [-0.2, -0.15) is 0 Å². The number of benzene rings is 2. The highest BCUT2D eigenvalue weighted by Crippen LogP contribution is 2.26. The lowest BCUT2D eigenvalue weighted by Crippen LogP contribution is -2.28. The summed E-state index contributed by atoms with van der Waals surface area (Å²) in [6, 6.07) is 10.5. The van der Waals surface area contributed by atoms with Crippen molar-refractivity contribution in [3.05, 3.63) is 76.0 Å². The van der Waals surface area contributed by atoms with Crippen LogP contribution in [-0.2, 0) is 0 Å². The first-order valence-electron chi connectivity index (χ1n) is 7.76. The first-order valence-corrected chi connectivity index (χ1v) is 7.76. The Bertz CT molecular complexity index is 997. The summed E-state index contributed by atoms with van der Waals surface area (Å²) in [6.07, 6.45) is 1.38. The molecule has 0 saturated carbocycles. The van der Waals surface area contributed by atoms with Crippen molar-refractivity contribution in [2.24, 2.45) is 0 Å². The fraction of sp³-hybridized carbons (Fsp3) is 0.158. The second-order valence-corrected chi connectivity index (χ2v) is 5.66. The molecule has 1 atom stereocenters. The third-order valence-electron chi connectivity index (χ3n) is 4.06. The van der Waals surface area contributed by atoms with Gasteiger partial charge in [0.2, 0.25) is 0 Å². The van der Waals surface area contributed by atoms with Gasteiger partial charge in [-0.15, -0.1) is 0 Å². The number of aromatic amines is 1. The normalized spacial score (nSPS) is 12.0. The summed E-state index contributed by atoms with van der Waals surface area (Å²) >= 11 is 0. The Morgan fingerprint density at radius 3 is 2.64 bits per heavy atom. The van der Waals surface area contributed by atoms with Crippen molar-refractivity contribution < 1.29 is 13.9 Å². The summed E-state index contributed by atoms with van der Waals surface area (Å²) in [5.41, 5.74) is 0.619. The van der Waals surface area contributed by atoms with Crippen LogP contribution in [0.25, 0.3) is 10.8 Å². The molecule has 0 aliphatic heterocycles. The van der Waals surface area contributed by atoms with Gasteiger partial charge in [0.1, 0.15) is 11.6 Å². The molecule has 3 rings (SSSR count). The molecule has 128 valence electrons. The predicted molar refractivity (Wildman–Crippen MR) is 93.4 cm³/mol. The number of hydrogen-bond acceptors (Lipinski definition) is 3. The van der Waals surface area contributed by atoms with E-state index in [1.165, 1.54) is 31.5 Å². The van der Waals surface area contributed by atoms with Crippen LogP contribution in [0, 0.1) is 5.82 Å². The average Bonchev–Trinajstić information content (AvgIpc) is 2.62. The molecule has 0 saturated heterocycles. The number of hydrogen-bond donors (Lipinski definition) is 2. The van der Waals surface area contributed by atoms with Gasteiger partial charge in [-0.25, -0.2) is 4.39 Å². The Hall–Kier alpha value is -3.15. The number of halogens is 1. The molecule has 2 aromatic carbocycles. The summed E-state index contributed by atoms with van der Waals surface area (Å²) in [7, 11) is 1.49. The van der Waals surface area contributed by atoms with E-state index in [0.717, 1.165) is 0 Å². The number of carbonyl (C=O) groups excluding carboxylic acids is 1. The minimum Gasteiger partial charge on any atom is -0.496 e. The zero-order valence-corrected chi connectivity index (χ0v) is 13.8. The van der Waals surface area contributed by atoms with E-state index in [0.29, 0.717) is 27.6 Å². The molecule has 5 nitrogen and oxygen atoms in total. The van der Waals surface area contributed by atoms with Crippen molar-refractivity contribution in [2.75, 3.05) is 7.11 Å². The van der Waals surface area contributed by atoms with Crippen LogP contribution in [0.2, 0.25) is 0 Å². The molecule has 2 N–H and O–H groups in total. The van der Waals surface area contributed by atoms with E-state index in [-0.39, 0.29) is 11.5 Å². The van der Waals surface area contributed by atoms with Crippen LogP contribution in [0.4, 0.5) is 4.39 Å². The fourth-order valence-corrected chi connectivity index (χ4v) is 2.79. The van der Waals surface area contributed by atoms with Crippen molar-refractivity contribution in [3.8, 4) is 5.75 Å². The van der Waals surface area contributed by atoms with Gasteiger partial charge in [0, 0.05) is 22.5 Å². The van der Waals surface area contributed by atoms with Crippen molar-refractivity contribution in [1.82, 2.24) is 10.3 Å². The monoisotopic (exact) mass is 340 g/mol. The van der Waals surface area contributed by atoms with Gasteiger partial charge >= 0.3 is 0 Å². The van der Waals surface area contributed by atoms with E-state index >= 15 is 0 Å². The smallest absolute Gasteiger partial charge is 0.255 e. The third kappa shape index (κ3) is 3.24. The number of H-pyrrole nitrogens is 1. The van der Waals surface area contributed by atoms with Gasteiger partial charge in [0.25, 0.3) is 11.5 Å². The molecule has 1 aromatic heterocycles. The molecule has 0 unspecified atom stereocenters. The highest BCUT2D eigenvalue weighted by Gasteiger charge is 2.18. The van der Waals surface area contributed by atoms with Crippen molar-refractivity contribution >= 4 is 16.7 Å². The van der Waals surface area contributed by atoms with Crippen LogP contribution >= 0.6 is 0 Å². The molecule has 1 amide bonds. The maximum absolute atomic E-state index is 13.5. The zero-order valence-electron chi connectivity index (χ0n) is 13.8. The van der Waals surface area contributed by atoms with Crippen LogP contribution in [0.5, 0.6) is 5.75 Å². The summed E-state index contributed by atoms with van der Waals surface area (Å²) in [6.45, 7) is 1.74. The number of aromatic nitrogens is 1. The quantitative estimate of drug-likeness (QED) is 0.766. The lowest BCUT2D eigenvalue weighted by Gasteiger charge is -2.18. The highest BCUT2D eigenvalue weighted by molar-refractivity contribution is 6.06. The second-order valence-electron chi connectivity index (χ2n) is 5.66. The molecule has 0 radical (unpaired) electrons. The van der Waals surface area contributed by atoms with E-state index in [1.54, 1.807) is 31.2 Å². The summed E-state index contributed by atoms with van der Waals surface area (Å²) in [5, 5.41) is 3.81. The molecule has 25 heavy (non-hydrogen) atoms. The maximum Gasteiger partial charge on any atom is 0.255 e. The topological polar surface area (TPSA) is 71.2 Å². The van der Waals surface area contributed by atoms with Crippen molar-refractivity contribution in [3.63, 3.8) is 0 Å². The highest BCUT2D eigenvalue weighted by atomic mass is 19.1. The fourth-order valence-electron chi connectivity index (χ4n) is 2.79. The van der Waals surface area contributed by atoms with Gasteiger partial charge in [-0.05, 0) is 31.2 Å². The molecular weight excluding hydrogens is 323 g/mol. The minimum absolute atomic E-state index is 0.257. The average molecular weight is 340 g/mol. The van der Waals surface area contributed by atoms with Gasteiger partial charge in [0.05, 0.1) is 18.7 Å². The first-order chi connectivity index (χ1) is 12.0. The van der Waals surface area contributed by atoms with Crippen LogP contribution < -0.4 is 15.6 Å². The standard InChI is InChI=1S/C19H17FN2O3/c1-11(15-9-12(20)7-8-17(15)25-2)22-19(24)16-10-21-18(23)14-6-4-3-5-13(14)16/h3-11H,1-2H3,(H,21,23)(H,22,24)/t11-/m1/s1. The number of carbonyl (C=O) groups is 1. The SMILES string of the molecule is COc1ccc(F)cc1[C@@H](C)NC(=O)c1c[nH]c(=O)c2ccccc12. The predicted octanol–water partition coefficient (Wildman–Crippen LogP) is 3.17. The van der Waals surface area contributed by atoms with E-state index in [1.807, 2.05) is 0 Å². The number of fused-ring (bicyclic) bond motifs is 1. The molecule has 0 fully saturated rings. The summed E-state index contributed by atoms with van der Waals surface area (Å²) < 4.78 is 18.8. The Labute approximate surface area is 143 Å². The number of rotatable bonds is 4. The van der Waals surface area contributed by atoms with Crippen molar-refractivity contribution in [2.45, 2.75) is 13.0 Å². The van der Waals surface area contributed by atoms with Gasteiger partial charge in [0.15, 0.2) is 0 Å². The van der Waals surface area contributed by atoms with Gasteiger partial charge in [-0.1, -0.05) is 18.2 Å². The van der Waals surface area contributed by atoms with E-state index in [4.69, 9.17) is 4.74 Å². The lowest BCUT2D eigenvalue weighted by atomic mass is 10.0. The molecule has 0 bridgehead atoms. The Morgan fingerprint density at radius 2 is 1.92 bits per heavy atom. The lowest BCUT2D eigenvalue weighted by molar-refractivity contribution is 0.0940. The van der Waals surface area contributed by atoms with Crippen LogP contribution in [0.3, 0.4) is 0 Å². The minimum atomic E-state index is -0.483. The number of methoxy groups -OCH3 is 1. The third-order valence-corrected chi connectivity index (χ3v) is 4.06. The zero-order chi connectivity index (χ0) is 18.0. The van der Waals surface area contributed by atoms with E-state index in [2.05, 4.69) is 10.3 Å². The first kappa shape index (κ1) is 16.7. The molecular formula is C19H17FN2O3. The largest absolute Gasteiger partial charge is 0.496 e. The van der Waals surface area contributed by atoms with E-state index in [9.17, 15) is 14.0 Å². The van der Waals surface area contributed by atoms with Gasteiger partial charge in [-0.3, -0.25) is 9.59 Å². The maximum atomic E-state index is 13.5. The van der Waals surface area contributed by atoms with Gasteiger partial charge < -0.3 is 15.0 Å². The molecule has 1 heterocycles. The number of ether oxygens (including phenoxy) is 1. The summed E-state index contributed by atoms with van der Waals surface area (Å²) in [4.78, 5) is 27.1. The molecule has 0 spiro atoms. The number of amides is 1. The van der Waals surface area contributed by atoms with E-state index < -0.39 is 11.9 Å². The number of nitrogens with one attached hydrogen (secondary N) is 2. The number of pyridine rings is 1. The van der Waals surface area contributed by atoms with Crippen LogP contribution in [0.15, 0.2) is 53.5 Å². The van der Waals surface area contributed by atoms with Crippen molar-refractivity contribution in [1.29, 1.82) is 0 Å². The Balaban J connectivity index is 1.94. The van der Waals surface area contributed by atoms with Crippen LogP contribution in [0.1, 0.15) is 28.9 Å². The second kappa shape index (κ2) is 6.76.